The van der Waals surface area contributed by atoms with Crippen LogP contribution < -0.4 is 5.32 Å². The van der Waals surface area contributed by atoms with Crippen molar-refractivity contribution in [2.24, 2.45) is 5.92 Å². The number of nitrogens with one attached hydrogen (secondary N) is 1. The molecule has 1 atom stereocenters. The predicted molar refractivity (Wildman–Crippen MR) is 105 cm³/mol. The quantitative estimate of drug-likeness (QED) is 0.605. The highest BCUT2D eigenvalue weighted by molar-refractivity contribution is 14.1. The Balaban J connectivity index is 1.85. The zero-order valence-corrected chi connectivity index (χ0v) is 16.1. The van der Waals surface area contributed by atoms with Crippen LogP contribution in [0.1, 0.15) is 19.9 Å². The normalized spacial score (nSPS) is 12.2. The predicted octanol–water partition coefficient (Wildman–Crippen LogP) is 3.78. The molecule has 0 aliphatic heterocycles. The van der Waals surface area contributed by atoms with Gasteiger partial charge < -0.3 is 5.32 Å². The number of halogens is 1. The van der Waals surface area contributed by atoms with Gasteiger partial charge in [-0.15, -0.1) is 10.2 Å². The second-order valence-corrected chi connectivity index (χ2v) is 7.12. The van der Waals surface area contributed by atoms with Gasteiger partial charge in [0.25, 0.3) is 5.91 Å². The summed E-state index contributed by atoms with van der Waals surface area (Å²) in [7, 11) is 0. The molecule has 3 rings (SSSR count). The number of tetrazole rings is 1. The molecule has 3 aromatic rings. The van der Waals surface area contributed by atoms with Gasteiger partial charge in [0.1, 0.15) is 0 Å². The Labute approximate surface area is 159 Å². The van der Waals surface area contributed by atoms with Crippen LogP contribution in [0, 0.1) is 9.49 Å². The molecule has 0 aliphatic carbocycles. The van der Waals surface area contributed by atoms with Crippen LogP contribution in [0.2, 0.25) is 0 Å². The van der Waals surface area contributed by atoms with E-state index >= 15 is 0 Å². The largest absolute Gasteiger partial charge is 0.323 e. The molecule has 128 valence electrons. The molecular weight excluding hydrogens is 429 g/mol. The van der Waals surface area contributed by atoms with E-state index in [1.807, 2.05) is 68.4 Å². The Hall–Kier alpha value is -2.29. The molecule has 0 fully saturated rings. The number of anilines is 1. The fraction of sp³-hybridized carbons (Fsp3) is 0.222. The van der Waals surface area contributed by atoms with Crippen LogP contribution in [-0.4, -0.2) is 26.1 Å². The molecular formula is C18H18IN5O. The second kappa shape index (κ2) is 7.73. The summed E-state index contributed by atoms with van der Waals surface area (Å²) in [6.07, 6.45) is 0. The number of carbonyl (C=O) groups excluding carboxylic acids is 1. The number of hydrogen-bond acceptors (Lipinski definition) is 4. The van der Waals surface area contributed by atoms with E-state index in [4.69, 9.17) is 0 Å². The van der Waals surface area contributed by atoms with E-state index in [0.29, 0.717) is 5.82 Å². The first-order valence-corrected chi connectivity index (χ1v) is 9.04. The van der Waals surface area contributed by atoms with E-state index in [2.05, 4.69) is 43.3 Å². The Bertz CT molecular complexity index is 863. The van der Waals surface area contributed by atoms with Gasteiger partial charge in [0, 0.05) is 9.13 Å². The first-order valence-electron chi connectivity index (χ1n) is 7.96. The van der Waals surface area contributed by atoms with Crippen LogP contribution in [0.15, 0.2) is 54.6 Å². The summed E-state index contributed by atoms with van der Waals surface area (Å²) in [6.45, 7) is 3.93. The molecule has 1 N–H and O–H groups in total. The highest BCUT2D eigenvalue weighted by atomic mass is 127. The van der Waals surface area contributed by atoms with Crippen molar-refractivity contribution in [1.29, 1.82) is 0 Å². The third-order valence-corrected chi connectivity index (χ3v) is 4.68. The van der Waals surface area contributed by atoms with E-state index in [1.54, 1.807) is 0 Å². The molecule has 0 radical (unpaired) electrons. The van der Waals surface area contributed by atoms with Gasteiger partial charge in [0.05, 0.1) is 5.69 Å². The van der Waals surface area contributed by atoms with Crippen molar-refractivity contribution >= 4 is 34.2 Å². The zero-order valence-electron chi connectivity index (χ0n) is 13.9. The average molecular weight is 447 g/mol. The van der Waals surface area contributed by atoms with E-state index in [9.17, 15) is 4.79 Å². The van der Waals surface area contributed by atoms with E-state index < -0.39 is 6.04 Å². The maximum atomic E-state index is 12.8. The number of carbonyl (C=O) groups is 1. The van der Waals surface area contributed by atoms with E-state index in [0.717, 1.165) is 14.8 Å². The zero-order chi connectivity index (χ0) is 17.8. The van der Waals surface area contributed by atoms with Gasteiger partial charge in [0.15, 0.2) is 6.04 Å². The fourth-order valence-electron chi connectivity index (χ4n) is 2.49. The van der Waals surface area contributed by atoms with Gasteiger partial charge in [-0.3, -0.25) is 4.79 Å². The lowest BCUT2D eigenvalue weighted by molar-refractivity contribution is -0.121. The molecule has 0 bridgehead atoms. The van der Waals surface area contributed by atoms with Crippen molar-refractivity contribution in [3.05, 3.63) is 58.2 Å². The van der Waals surface area contributed by atoms with Gasteiger partial charge in [-0.2, -0.15) is 4.80 Å². The van der Waals surface area contributed by atoms with Crippen molar-refractivity contribution in [3.63, 3.8) is 0 Å². The Morgan fingerprint density at radius 3 is 2.44 bits per heavy atom. The van der Waals surface area contributed by atoms with Gasteiger partial charge in [-0.25, -0.2) is 0 Å². The summed E-state index contributed by atoms with van der Waals surface area (Å²) in [4.78, 5) is 14.2. The summed E-state index contributed by atoms with van der Waals surface area (Å²) in [5.74, 6) is 0.365. The van der Waals surface area contributed by atoms with Crippen molar-refractivity contribution < 1.29 is 4.79 Å². The summed E-state index contributed by atoms with van der Waals surface area (Å²) in [5.41, 5.74) is 1.65. The summed E-state index contributed by atoms with van der Waals surface area (Å²) in [6, 6.07) is 16.7. The molecule has 0 saturated carbocycles. The lowest BCUT2D eigenvalue weighted by atomic mass is 10.0. The average Bonchev–Trinajstić information content (AvgIpc) is 3.07. The molecule has 0 aliphatic rings. The van der Waals surface area contributed by atoms with Crippen LogP contribution in [0.5, 0.6) is 0 Å². The lowest BCUT2D eigenvalue weighted by Crippen LogP contribution is -2.31. The minimum Gasteiger partial charge on any atom is -0.323 e. The van der Waals surface area contributed by atoms with Gasteiger partial charge in [-0.1, -0.05) is 56.3 Å². The molecule has 1 aromatic heterocycles. The van der Waals surface area contributed by atoms with Crippen LogP contribution in [0.4, 0.5) is 5.69 Å². The molecule has 0 saturated heterocycles. The van der Waals surface area contributed by atoms with Gasteiger partial charge >= 0.3 is 0 Å². The van der Waals surface area contributed by atoms with E-state index in [-0.39, 0.29) is 11.8 Å². The fourth-order valence-corrected chi connectivity index (χ4v) is 3.01. The molecule has 6 nitrogen and oxygen atoms in total. The maximum absolute atomic E-state index is 12.8. The Kier molecular flexibility index (Phi) is 5.42. The SMILES string of the molecule is CC(C)C(C(=O)Nc1ccccc1I)n1nnc(-c2ccccc2)n1. The molecule has 0 spiro atoms. The third kappa shape index (κ3) is 4.04. The van der Waals surface area contributed by atoms with Crippen molar-refractivity contribution in [3.8, 4) is 11.4 Å². The molecule has 1 amide bonds. The number of nitrogens with zero attached hydrogens (tertiary/aromatic N) is 4. The minimum atomic E-state index is -0.541. The van der Waals surface area contributed by atoms with Crippen LogP contribution in [0.3, 0.4) is 0 Å². The molecule has 1 unspecified atom stereocenters. The van der Waals surface area contributed by atoms with Gasteiger partial charge in [-0.05, 0) is 45.9 Å². The number of para-hydroxylation sites is 1. The van der Waals surface area contributed by atoms with Gasteiger partial charge in [0.2, 0.25) is 5.82 Å². The standard InChI is InChI=1S/C18H18IN5O/c1-12(2)16(18(25)20-15-11-7-6-10-14(15)19)24-22-17(21-23-24)13-8-4-3-5-9-13/h3-12,16H,1-2H3,(H,20,25). The van der Waals surface area contributed by atoms with Crippen molar-refractivity contribution in [2.45, 2.75) is 19.9 Å². The maximum Gasteiger partial charge on any atom is 0.251 e. The first kappa shape index (κ1) is 17.5. The summed E-state index contributed by atoms with van der Waals surface area (Å²) >= 11 is 2.20. The molecule has 7 heteroatoms. The highest BCUT2D eigenvalue weighted by Gasteiger charge is 2.27. The topological polar surface area (TPSA) is 72.7 Å². The molecule has 1 heterocycles. The van der Waals surface area contributed by atoms with Crippen molar-refractivity contribution in [2.75, 3.05) is 5.32 Å². The van der Waals surface area contributed by atoms with Crippen molar-refractivity contribution in [1.82, 2.24) is 20.2 Å². The second-order valence-electron chi connectivity index (χ2n) is 5.96. The molecule has 25 heavy (non-hydrogen) atoms. The third-order valence-electron chi connectivity index (χ3n) is 3.74. The lowest BCUT2D eigenvalue weighted by Gasteiger charge is -2.19. The Morgan fingerprint density at radius 1 is 1.08 bits per heavy atom. The molecule has 2 aromatic carbocycles. The van der Waals surface area contributed by atoms with Crippen LogP contribution in [0.25, 0.3) is 11.4 Å². The number of aromatic nitrogens is 4. The number of rotatable bonds is 5. The Morgan fingerprint density at radius 2 is 1.76 bits per heavy atom. The van der Waals surface area contributed by atoms with Crippen LogP contribution in [-0.2, 0) is 4.79 Å². The number of amides is 1. The summed E-state index contributed by atoms with van der Waals surface area (Å²) < 4.78 is 0.979. The van der Waals surface area contributed by atoms with E-state index in [1.165, 1.54) is 4.80 Å². The smallest absolute Gasteiger partial charge is 0.251 e. The highest BCUT2D eigenvalue weighted by Crippen LogP contribution is 2.23. The first-order chi connectivity index (χ1) is 12.1. The minimum absolute atomic E-state index is 0.0131. The summed E-state index contributed by atoms with van der Waals surface area (Å²) in [5, 5.41) is 15.6. The number of hydrogen-bond donors (Lipinski definition) is 1. The van der Waals surface area contributed by atoms with Crippen LogP contribution >= 0.6 is 22.6 Å². The monoisotopic (exact) mass is 447 g/mol. The number of benzene rings is 2.